The third-order valence-corrected chi connectivity index (χ3v) is 5.14. The fourth-order valence-corrected chi connectivity index (χ4v) is 3.72. The molecule has 1 aliphatic rings. The van der Waals surface area contributed by atoms with Crippen LogP contribution in [0.5, 0.6) is 5.75 Å². The van der Waals surface area contributed by atoms with Gasteiger partial charge in [-0.05, 0) is 54.7 Å². The molecular weight excluding hydrogens is 383 g/mol. The minimum atomic E-state index is -4.45. The van der Waals surface area contributed by atoms with E-state index < -0.39 is 23.7 Å². The van der Waals surface area contributed by atoms with Crippen molar-refractivity contribution >= 4 is 11.7 Å². The topological polar surface area (TPSA) is 55.4 Å². The molecule has 154 valence electrons. The predicted molar refractivity (Wildman–Crippen MR) is 102 cm³/mol. The van der Waals surface area contributed by atoms with Crippen molar-refractivity contribution in [1.29, 1.82) is 0 Å². The fraction of sp³-hybridized carbons (Fsp3) is 0.364. The van der Waals surface area contributed by atoms with Crippen LogP contribution in [0.25, 0.3) is 0 Å². The van der Waals surface area contributed by atoms with Crippen molar-refractivity contribution in [2.45, 2.75) is 45.3 Å². The second-order valence-corrected chi connectivity index (χ2v) is 7.40. The highest BCUT2D eigenvalue weighted by Gasteiger charge is 2.32. The number of Topliss-reactive ketones (excluding diaryl/α,β-unsaturated/α-hetero) is 1. The summed E-state index contributed by atoms with van der Waals surface area (Å²) < 4.78 is 44.2. The van der Waals surface area contributed by atoms with E-state index in [1.165, 1.54) is 12.1 Å². The molecule has 7 heteroatoms. The van der Waals surface area contributed by atoms with Gasteiger partial charge in [-0.2, -0.15) is 13.2 Å². The maximum atomic E-state index is 12.9. The van der Waals surface area contributed by atoms with Crippen LogP contribution in [0.2, 0.25) is 0 Å². The first-order valence-electron chi connectivity index (χ1n) is 9.34. The van der Waals surface area contributed by atoms with Gasteiger partial charge in [-0.1, -0.05) is 25.1 Å². The summed E-state index contributed by atoms with van der Waals surface area (Å²) in [5, 5.41) is 2.63. The Morgan fingerprint density at radius 1 is 1.28 bits per heavy atom. The first kappa shape index (κ1) is 20.9. The minimum Gasteiger partial charge on any atom is -0.483 e. The zero-order chi connectivity index (χ0) is 21.3. The van der Waals surface area contributed by atoms with Gasteiger partial charge in [-0.25, -0.2) is 0 Å². The quantitative estimate of drug-likeness (QED) is 0.765. The van der Waals surface area contributed by atoms with Gasteiger partial charge in [0.1, 0.15) is 5.75 Å². The summed E-state index contributed by atoms with van der Waals surface area (Å²) in [5.74, 6) is -0.0238. The largest absolute Gasteiger partial charge is 0.483 e. The number of fused-ring (bicyclic) bond motifs is 1. The van der Waals surface area contributed by atoms with Gasteiger partial charge in [-0.15, -0.1) is 0 Å². The van der Waals surface area contributed by atoms with Crippen molar-refractivity contribution in [3.05, 3.63) is 64.2 Å². The molecule has 2 atom stereocenters. The van der Waals surface area contributed by atoms with E-state index in [0.29, 0.717) is 23.3 Å². The van der Waals surface area contributed by atoms with E-state index in [4.69, 9.17) is 4.74 Å². The first-order valence-corrected chi connectivity index (χ1v) is 9.34. The lowest BCUT2D eigenvalue weighted by atomic mass is 9.97. The fourth-order valence-electron chi connectivity index (χ4n) is 3.72. The molecule has 29 heavy (non-hydrogen) atoms. The molecule has 1 N–H and O–H groups in total. The Kier molecular flexibility index (Phi) is 5.68. The summed E-state index contributed by atoms with van der Waals surface area (Å²) in [4.78, 5) is 24.5. The number of rotatable bonds is 5. The smallest absolute Gasteiger partial charge is 0.416 e. The number of benzene rings is 2. The average Bonchev–Trinajstić information content (AvgIpc) is 2.96. The second kappa shape index (κ2) is 7.89. The summed E-state index contributed by atoms with van der Waals surface area (Å²) in [6.07, 6.45) is -4.03. The van der Waals surface area contributed by atoms with Gasteiger partial charge in [0, 0.05) is 6.42 Å². The average molecular weight is 405 g/mol. The van der Waals surface area contributed by atoms with E-state index in [-0.39, 0.29) is 18.3 Å². The Morgan fingerprint density at radius 3 is 2.69 bits per heavy atom. The zero-order valence-corrected chi connectivity index (χ0v) is 16.4. The summed E-state index contributed by atoms with van der Waals surface area (Å²) in [6, 6.07) is 7.72. The number of carbonyl (C=O) groups is 2. The number of alkyl halides is 3. The molecule has 0 saturated carbocycles. The van der Waals surface area contributed by atoms with E-state index in [9.17, 15) is 22.8 Å². The number of carbonyl (C=O) groups excluding carboxylic acids is 2. The lowest BCUT2D eigenvalue weighted by Gasteiger charge is -2.17. The Hall–Kier alpha value is -2.83. The number of nitrogens with one attached hydrogen (secondary N) is 1. The Labute approximate surface area is 167 Å². The van der Waals surface area contributed by atoms with Crippen LogP contribution < -0.4 is 10.1 Å². The second-order valence-electron chi connectivity index (χ2n) is 7.40. The van der Waals surface area contributed by atoms with Crippen molar-refractivity contribution in [3.8, 4) is 5.75 Å². The molecule has 0 radical (unpaired) electrons. The van der Waals surface area contributed by atoms with Gasteiger partial charge >= 0.3 is 6.18 Å². The molecule has 0 aliphatic heterocycles. The van der Waals surface area contributed by atoms with Crippen molar-refractivity contribution in [2.75, 3.05) is 6.61 Å². The van der Waals surface area contributed by atoms with Crippen molar-refractivity contribution in [1.82, 2.24) is 5.32 Å². The summed E-state index contributed by atoms with van der Waals surface area (Å²) in [5.41, 5.74) is 2.05. The van der Waals surface area contributed by atoms with Gasteiger partial charge in [-0.3, -0.25) is 9.59 Å². The number of halogens is 3. The lowest BCUT2D eigenvalue weighted by molar-refractivity contribution is -0.137. The molecule has 2 aromatic rings. The molecular formula is C22H22F3NO3. The van der Waals surface area contributed by atoms with E-state index >= 15 is 0 Å². The third kappa shape index (κ3) is 4.44. The molecule has 0 spiro atoms. The van der Waals surface area contributed by atoms with Crippen LogP contribution in [0.3, 0.4) is 0 Å². The molecule has 4 nitrogen and oxygen atoms in total. The summed E-state index contributed by atoms with van der Waals surface area (Å²) >= 11 is 0. The highest BCUT2D eigenvalue weighted by atomic mass is 19.4. The van der Waals surface area contributed by atoms with E-state index in [1.54, 1.807) is 13.0 Å². The lowest BCUT2D eigenvalue weighted by Crippen LogP contribution is -2.31. The van der Waals surface area contributed by atoms with Crippen LogP contribution in [-0.4, -0.2) is 18.3 Å². The van der Waals surface area contributed by atoms with E-state index in [2.05, 4.69) is 5.32 Å². The van der Waals surface area contributed by atoms with Gasteiger partial charge in [0.25, 0.3) is 5.91 Å². The predicted octanol–water partition coefficient (Wildman–Crippen LogP) is 4.96. The number of hydrogen-bond donors (Lipinski definition) is 1. The van der Waals surface area contributed by atoms with Gasteiger partial charge in [0.05, 0.1) is 17.2 Å². The van der Waals surface area contributed by atoms with Crippen LogP contribution in [0.15, 0.2) is 36.4 Å². The van der Waals surface area contributed by atoms with Crippen molar-refractivity contribution in [2.24, 2.45) is 0 Å². The zero-order valence-electron chi connectivity index (χ0n) is 16.4. The number of aryl methyl sites for hydroxylation is 1. The van der Waals surface area contributed by atoms with Crippen LogP contribution in [-0.2, 0) is 11.0 Å². The molecule has 3 rings (SSSR count). The first-order chi connectivity index (χ1) is 13.6. The molecule has 1 amide bonds. The Balaban J connectivity index is 1.67. The van der Waals surface area contributed by atoms with E-state index in [0.717, 1.165) is 23.3 Å². The highest BCUT2D eigenvalue weighted by Crippen LogP contribution is 2.40. The monoisotopic (exact) mass is 405 g/mol. The van der Waals surface area contributed by atoms with Gasteiger partial charge < -0.3 is 10.1 Å². The summed E-state index contributed by atoms with van der Waals surface area (Å²) in [6.45, 7) is 5.17. The van der Waals surface area contributed by atoms with Crippen LogP contribution in [0.1, 0.15) is 64.8 Å². The molecule has 2 aromatic carbocycles. The van der Waals surface area contributed by atoms with Crippen molar-refractivity contribution in [3.63, 3.8) is 0 Å². The van der Waals surface area contributed by atoms with Crippen LogP contribution in [0.4, 0.5) is 13.2 Å². The van der Waals surface area contributed by atoms with Crippen molar-refractivity contribution < 1.29 is 27.5 Å². The van der Waals surface area contributed by atoms with Crippen LogP contribution >= 0.6 is 0 Å². The molecule has 1 aliphatic carbocycles. The Morgan fingerprint density at radius 2 is 2.00 bits per heavy atom. The molecule has 0 fully saturated rings. The number of ether oxygens (including phenoxy) is 1. The Bertz CT molecular complexity index is 953. The highest BCUT2D eigenvalue weighted by molar-refractivity contribution is 6.04. The third-order valence-electron chi connectivity index (χ3n) is 5.14. The van der Waals surface area contributed by atoms with Gasteiger partial charge in [0.15, 0.2) is 12.4 Å². The van der Waals surface area contributed by atoms with Gasteiger partial charge in [0.2, 0.25) is 0 Å². The number of hydrogen-bond acceptors (Lipinski definition) is 3. The maximum absolute atomic E-state index is 12.9. The van der Waals surface area contributed by atoms with Crippen LogP contribution in [0, 0.1) is 6.92 Å². The van der Waals surface area contributed by atoms with E-state index in [1.807, 2.05) is 19.9 Å². The molecule has 0 aromatic heterocycles. The SMILES string of the molecule is Cc1ccc(OCC(=O)N[C@H](C)c2cccc(C(F)(F)F)c2)c2c1[C@@H](C)CC2=O. The summed E-state index contributed by atoms with van der Waals surface area (Å²) in [7, 11) is 0. The number of ketones is 1. The molecule has 0 unspecified atom stereocenters. The molecule has 0 bridgehead atoms. The maximum Gasteiger partial charge on any atom is 0.416 e. The normalized spacial score (nSPS) is 17.0. The standard InChI is InChI=1S/C22H22F3NO3/c1-12-7-8-18(21-17(27)9-13(2)20(12)21)29-11-19(28)26-14(3)15-5-4-6-16(10-15)22(23,24)25/h4-8,10,13-14H,9,11H2,1-3H3,(H,26,28)/t13-,14+/m0/s1. The number of amides is 1. The minimum absolute atomic E-state index is 0.0102. The molecule has 0 heterocycles. The molecule has 0 saturated heterocycles.